The molecule has 1 saturated carbocycles. The summed E-state index contributed by atoms with van der Waals surface area (Å²) >= 11 is 0. The highest BCUT2D eigenvalue weighted by Gasteiger charge is 2.43. The number of hydrogen-bond donors (Lipinski definition) is 2. The lowest BCUT2D eigenvalue weighted by atomic mass is 9.80. The minimum Gasteiger partial charge on any atom is -0.503 e. The Kier molecular flexibility index (Phi) is 9.71. The van der Waals surface area contributed by atoms with Crippen LogP contribution in [-0.4, -0.2) is 65.9 Å². The van der Waals surface area contributed by atoms with E-state index < -0.39 is 66.3 Å². The predicted molar refractivity (Wildman–Crippen MR) is 130 cm³/mol. The molecule has 0 radical (unpaired) electrons. The number of ether oxygens (including phenoxy) is 4. The van der Waals surface area contributed by atoms with Gasteiger partial charge in [0.05, 0.1) is 18.9 Å². The summed E-state index contributed by atoms with van der Waals surface area (Å²) in [7, 11) is 1.32. The fourth-order valence-electron chi connectivity index (χ4n) is 4.69. The number of amides is 1. The van der Waals surface area contributed by atoms with Gasteiger partial charge in [-0.05, 0) is 19.3 Å². The van der Waals surface area contributed by atoms with E-state index in [9.17, 15) is 24.3 Å². The molecule has 0 aromatic carbocycles. The van der Waals surface area contributed by atoms with Crippen LogP contribution in [0.25, 0.3) is 0 Å². The number of esters is 3. The molecular weight excluding hydrogens is 484 g/mol. The molecule has 1 amide bonds. The number of hydrogen-bond acceptors (Lipinski definition) is 10. The first-order valence-corrected chi connectivity index (χ1v) is 12.7. The van der Waals surface area contributed by atoms with Crippen molar-refractivity contribution in [3.63, 3.8) is 0 Å². The third-order valence-corrected chi connectivity index (χ3v) is 6.80. The summed E-state index contributed by atoms with van der Waals surface area (Å²) in [5.41, 5.74) is -0.370. The van der Waals surface area contributed by atoms with Gasteiger partial charge in [-0.1, -0.05) is 46.0 Å². The van der Waals surface area contributed by atoms with Gasteiger partial charge in [0, 0.05) is 12.3 Å². The van der Waals surface area contributed by atoms with Crippen LogP contribution in [0.3, 0.4) is 0 Å². The fourth-order valence-corrected chi connectivity index (χ4v) is 4.69. The number of rotatable bonds is 7. The Balaban J connectivity index is 1.83. The number of cyclic esters (lactones) is 2. The Labute approximate surface area is 216 Å². The van der Waals surface area contributed by atoms with E-state index in [0.29, 0.717) is 6.42 Å². The Morgan fingerprint density at radius 2 is 1.89 bits per heavy atom. The number of carbonyl (C=O) groups excluding carboxylic acids is 4. The Morgan fingerprint density at radius 1 is 1.19 bits per heavy atom. The van der Waals surface area contributed by atoms with Crippen LogP contribution >= 0.6 is 0 Å². The van der Waals surface area contributed by atoms with E-state index in [-0.39, 0.29) is 17.4 Å². The molecule has 37 heavy (non-hydrogen) atoms. The molecule has 4 atom stereocenters. The molecule has 1 aromatic heterocycles. The monoisotopic (exact) mass is 520 g/mol. The number of nitrogens with zero attached hydrogens (tertiary/aromatic N) is 1. The van der Waals surface area contributed by atoms with Crippen LogP contribution < -0.4 is 10.1 Å². The van der Waals surface area contributed by atoms with Gasteiger partial charge in [-0.2, -0.15) is 0 Å². The van der Waals surface area contributed by atoms with Crippen LogP contribution in [0.1, 0.15) is 69.8 Å². The number of aromatic nitrogens is 1. The summed E-state index contributed by atoms with van der Waals surface area (Å²) in [5, 5.41) is 12.6. The lowest BCUT2D eigenvalue weighted by Gasteiger charge is -2.32. The molecule has 0 spiro atoms. The minimum absolute atomic E-state index is 0.0256. The summed E-state index contributed by atoms with van der Waals surface area (Å²) < 4.78 is 21.7. The predicted octanol–water partition coefficient (Wildman–Crippen LogP) is 2.54. The highest BCUT2D eigenvalue weighted by molar-refractivity contribution is 5.98. The van der Waals surface area contributed by atoms with Crippen LogP contribution in [0, 0.1) is 17.8 Å². The van der Waals surface area contributed by atoms with Crippen molar-refractivity contribution in [2.75, 3.05) is 13.7 Å². The zero-order chi connectivity index (χ0) is 27.1. The maximum absolute atomic E-state index is 13.3. The molecule has 2 fully saturated rings. The minimum atomic E-state index is -1.37. The number of methoxy groups -OCH3 is 1. The number of nitrogens with one attached hydrogen (secondary N) is 1. The lowest BCUT2D eigenvalue weighted by molar-refractivity contribution is -0.177. The average Bonchev–Trinajstić information content (AvgIpc) is 2.91. The second-order valence-corrected chi connectivity index (χ2v) is 9.91. The molecule has 4 unspecified atom stereocenters. The molecule has 3 rings (SSSR count). The van der Waals surface area contributed by atoms with Crippen molar-refractivity contribution in [3.05, 3.63) is 18.0 Å². The van der Waals surface area contributed by atoms with Crippen molar-refractivity contribution < 1.29 is 43.2 Å². The van der Waals surface area contributed by atoms with E-state index in [1.807, 2.05) is 0 Å². The first-order valence-electron chi connectivity index (χ1n) is 12.7. The molecule has 1 aliphatic carbocycles. The van der Waals surface area contributed by atoms with E-state index >= 15 is 0 Å². The zero-order valence-electron chi connectivity index (χ0n) is 21.7. The Morgan fingerprint density at radius 3 is 2.54 bits per heavy atom. The van der Waals surface area contributed by atoms with Crippen molar-refractivity contribution in [2.24, 2.45) is 17.8 Å². The standard InChI is InChI=1S/C26H36N2O9/c1-14(2)24(31)37-22-15(3)36-26(33)18(28-23(30)20-21(29)19(34-4)10-11-27-20)13-35-25(32)17(22)12-16-8-6-5-7-9-16/h10-11,14-18,22,29H,5-9,12-13H2,1-4H3,(H,28,30). The number of aromatic hydroxyl groups is 1. The van der Waals surface area contributed by atoms with Gasteiger partial charge in [0.2, 0.25) is 0 Å². The highest BCUT2D eigenvalue weighted by Crippen LogP contribution is 2.33. The van der Waals surface area contributed by atoms with Gasteiger partial charge in [-0.15, -0.1) is 0 Å². The van der Waals surface area contributed by atoms with Gasteiger partial charge < -0.3 is 29.4 Å². The summed E-state index contributed by atoms with van der Waals surface area (Å²) in [6.07, 6.45) is 4.88. The Hall–Kier alpha value is -3.37. The first-order chi connectivity index (χ1) is 17.6. The summed E-state index contributed by atoms with van der Waals surface area (Å²) in [4.78, 5) is 55.4. The molecule has 0 bridgehead atoms. The van der Waals surface area contributed by atoms with Crippen molar-refractivity contribution in [1.29, 1.82) is 0 Å². The van der Waals surface area contributed by atoms with Crippen LogP contribution in [0.2, 0.25) is 0 Å². The third kappa shape index (κ3) is 7.11. The third-order valence-electron chi connectivity index (χ3n) is 6.80. The molecule has 2 N–H and O–H groups in total. The SMILES string of the molecule is COc1ccnc(C(=O)NC2COC(=O)C(CC3CCCCC3)C(OC(=O)C(C)C)C(C)OC2=O)c1O. The van der Waals surface area contributed by atoms with Gasteiger partial charge in [-0.3, -0.25) is 14.4 Å². The van der Waals surface area contributed by atoms with Crippen LogP contribution in [0.5, 0.6) is 11.5 Å². The van der Waals surface area contributed by atoms with Crippen molar-refractivity contribution in [2.45, 2.75) is 77.5 Å². The van der Waals surface area contributed by atoms with Crippen molar-refractivity contribution >= 4 is 23.8 Å². The largest absolute Gasteiger partial charge is 0.503 e. The van der Waals surface area contributed by atoms with Crippen molar-refractivity contribution in [3.8, 4) is 11.5 Å². The number of pyridine rings is 1. The molecule has 11 nitrogen and oxygen atoms in total. The van der Waals surface area contributed by atoms with Gasteiger partial charge in [0.1, 0.15) is 12.7 Å². The molecule has 2 heterocycles. The molecule has 1 aromatic rings. The smallest absolute Gasteiger partial charge is 0.332 e. The molecule has 204 valence electrons. The second kappa shape index (κ2) is 12.7. The lowest BCUT2D eigenvalue weighted by Crippen LogP contribution is -2.47. The van der Waals surface area contributed by atoms with Crippen molar-refractivity contribution in [1.82, 2.24) is 10.3 Å². The summed E-state index contributed by atoms with van der Waals surface area (Å²) in [6.45, 7) is 4.41. The molecule has 11 heteroatoms. The summed E-state index contributed by atoms with van der Waals surface area (Å²) in [6, 6.07) is -0.00400. The average molecular weight is 521 g/mol. The number of carbonyl (C=O) groups is 4. The van der Waals surface area contributed by atoms with E-state index in [1.165, 1.54) is 19.4 Å². The molecule has 1 saturated heterocycles. The van der Waals surface area contributed by atoms with E-state index in [1.54, 1.807) is 20.8 Å². The van der Waals surface area contributed by atoms with Gasteiger partial charge >= 0.3 is 17.9 Å². The highest BCUT2D eigenvalue weighted by atomic mass is 16.6. The van der Waals surface area contributed by atoms with E-state index in [4.69, 9.17) is 18.9 Å². The van der Waals surface area contributed by atoms with Gasteiger partial charge in [0.15, 0.2) is 29.3 Å². The quantitative estimate of drug-likeness (QED) is 0.405. The molecule has 1 aliphatic heterocycles. The maximum atomic E-state index is 13.3. The van der Waals surface area contributed by atoms with E-state index in [2.05, 4.69) is 10.3 Å². The Bertz CT molecular complexity index is 990. The summed E-state index contributed by atoms with van der Waals surface area (Å²) in [5.74, 6) is -4.40. The van der Waals surface area contributed by atoms with Gasteiger partial charge in [-0.25, -0.2) is 9.78 Å². The van der Waals surface area contributed by atoms with Gasteiger partial charge in [0.25, 0.3) is 5.91 Å². The van der Waals surface area contributed by atoms with E-state index in [0.717, 1.165) is 32.1 Å². The normalized spacial score (nSPS) is 25.2. The van der Waals surface area contributed by atoms with Crippen LogP contribution in [0.15, 0.2) is 12.3 Å². The van der Waals surface area contributed by atoms with Crippen LogP contribution in [-0.2, 0) is 28.6 Å². The molecule has 2 aliphatic rings. The topological polar surface area (TPSA) is 150 Å². The first kappa shape index (κ1) is 28.2. The van der Waals surface area contributed by atoms with Crippen LogP contribution in [0.4, 0.5) is 0 Å². The second-order valence-electron chi connectivity index (χ2n) is 9.91. The fraction of sp³-hybridized carbons (Fsp3) is 0.654. The maximum Gasteiger partial charge on any atom is 0.332 e. The molecular formula is C26H36N2O9. The zero-order valence-corrected chi connectivity index (χ0v) is 21.7.